The van der Waals surface area contributed by atoms with Crippen LogP contribution in [0.2, 0.25) is 0 Å². The number of carbonyl (C=O) groups excluding carboxylic acids is 1. The molecule has 0 aliphatic carbocycles. The lowest BCUT2D eigenvalue weighted by Crippen LogP contribution is -2.16. The summed E-state index contributed by atoms with van der Waals surface area (Å²) in [5.41, 5.74) is 7.56. The summed E-state index contributed by atoms with van der Waals surface area (Å²) in [6, 6.07) is 0. The van der Waals surface area contributed by atoms with Crippen LogP contribution in [0.3, 0.4) is 0 Å². The van der Waals surface area contributed by atoms with Crippen molar-refractivity contribution in [2.75, 3.05) is 0 Å². The number of H-pyrrole nitrogens is 3. The molecule has 0 saturated carbocycles. The zero-order chi connectivity index (χ0) is 31.6. The predicted octanol–water partition coefficient (Wildman–Crippen LogP) is 3.14. The molecule has 0 unspecified atom stereocenters. The number of hydrogen-bond acceptors (Lipinski definition) is 4. The van der Waals surface area contributed by atoms with Gasteiger partial charge in [0.15, 0.2) is 0 Å². The van der Waals surface area contributed by atoms with E-state index < -0.39 is 11.9 Å². The molecule has 4 heterocycles. The van der Waals surface area contributed by atoms with Crippen LogP contribution >= 0.6 is 0 Å². The van der Waals surface area contributed by atoms with Gasteiger partial charge in [-0.1, -0.05) is 26.5 Å². The Bertz CT molecular complexity index is 1750. The van der Waals surface area contributed by atoms with Crippen LogP contribution in [0.1, 0.15) is 83.6 Å². The summed E-state index contributed by atoms with van der Waals surface area (Å²) in [6.45, 7) is 13.3. The van der Waals surface area contributed by atoms with E-state index in [2.05, 4.69) is 26.8 Å². The Hall–Kier alpha value is -4.73. The highest BCUT2D eigenvalue weighted by Gasteiger charge is 2.34. The Morgan fingerprint density at radius 3 is 2.05 bits per heavy atom. The van der Waals surface area contributed by atoms with Crippen LogP contribution in [0, 0.1) is 32.6 Å². The van der Waals surface area contributed by atoms with E-state index in [9.17, 15) is 29.7 Å². The first-order valence-corrected chi connectivity index (χ1v) is 14.5. The molecule has 1 saturated heterocycles. The fourth-order valence-corrected chi connectivity index (χ4v) is 5.95. The van der Waals surface area contributed by atoms with E-state index in [0.717, 1.165) is 51.0 Å². The lowest BCUT2D eigenvalue weighted by molar-refractivity contribution is -0.274. The molecular formula is C33H39N4O6-. The summed E-state index contributed by atoms with van der Waals surface area (Å²) in [5.74, 6) is -2.16. The average Bonchev–Trinajstić information content (AvgIpc) is 3.59. The second-order valence-electron chi connectivity index (χ2n) is 11.2. The molecule has 1 fully saturated rings. The molecule has 1 aliphatic rings. The molecule has 2 atom stereocenters. The van der Waals surface area contributed by atoms with Crippen molar-refractivity contribution in [1.82, 2.24) is 20.3 Å². The highest BCUT2D eigenvalue weighted by atomic mass is 16.4. The first kappa shape index (κ1) is 31.2. The van der Waals surface area contributed by atoms with Gasteiger partial charge in [0, 0.05) is 58.2 Å². The van der Waals surface area contributed by atoms with Gasteiger partial charge in [-0.15, -0.1) is 0 Å². The molecule has 228 valence electrons. The van der Waals surface area contributed by atoms with Crippen LogP contribution in [0.5, 0.6) is 5.88 Å². The summed E-state index contributed by atoms with van der Waals surface area (Å²) >= 11 is 0. The number of carboxylic acids is 2. The molecule has 0 spiro atoms. The fourth-order valence-electron chi connectivity index (χ4n) is 5.95. The van der Waals surface area contributed by atoms with Gasteiger partial charge in [0.2, 0.25) is 5.91 Å². The molecule has 1 aliphatic heterocycles. The number of aromatic amines is 3. The van der Waals surface area contributed by atoms with Gasteiger partial charge in [0.25, 0.3) is 0 Å². The SMILES string of the molecule is C=Cc1c([O-])[nH]c(/C=c2/[nH]/c(=C\c3[nH]c(/C=C4\NC(=O)[C@H](C)[C@H]4CC)c(C)c3CCC(=O)O)c(CCC(=O)O)c2C)c1C. The molecule has 0 bridgehead atoms. The third-order valence-electron chi connectivity index (χ3n) is 8.59. The van der Waals surface area contributed by atoms with Gasteiger partial charge in [-0.2, -0.15) is 0 Å². The second kappa shape index (κ2) is 12.6. The number of amides is 1. The minimum Gasteiger partial charge on any atom is -0.860 e. The van der Waals surface area contributed by atoms with Gasteiger partial charge in [-0.25, -0.2) is 0 Å². The Balaban J connectivity index is 1.91. The number of carboxylic acid groups (broad SMARTS) is 2. The molecule has 6 N–H and O–H groups in total. The van der Waals surface area contributed by atoms with Crippen molar-refractivity contribution in [3.8, 4) is 5.88 Å². The van der Waals surface area contributed by atoms with Crippen molar-refractivity contribution in [3.63, 3.8) is 0 Å². The molecule has 0 aromatic carbocycles. The highest BCUT2D eigenvalue weighted by Crippen LogP contribution is 2.32. The maximum Gasteiger partial charge on any atom is 0.303 e. The van der Waals surface area contributed by atoms with E-state index in [1.54, 1.807) is 0 Å². The van der Waals surface area contributed by atoms with Crippen molar-refractivity contribution in [3.05, 3.63) is 73.4 Å². The lowest BCUT2D eigenvalue weighted by Gasteiger charge is -2.11. The zero-order valence-corrected chi connectivity index (χ0v) is 25.2. The van der Waals surface area contributed by atoms with Crippen molar-refractivity contribution in [1.29, 1.82) is 0 Å². The second-order valence-corrected chi connectivity index (χ2v) is 11.2. The molecule has 3 aromatic rings. The van der Waals surface area contributed by atoms with E-state index >= 15 is 0 Å². The molecule has 4 rings (SSSR count). The number of allylic oxidation sites excluding steroid dienone is 1. The molecule has 10 nitrogen and oxygen atoms in total. The van der Waals surface area contributed by atoms with Crippen molar-refractivity contribution in [2.24, 2.45) is 11.8 Å². The molecule has 0 radical (unpaired) electrons. The Labute approximate surface area is 249 Å². The fraction of sp³-hybridized carbons (Fsp3) is 0.364. The third-order valence-corrected chi connectivity index (χ3v) is 8.59. The Morgan fingerprint density at radius 1 is 0.860 bits per heavy atom. The van der Waals surface area contributed by atoms with E-state index in [4.69, 9.17) is 0 Å². The average molecular weight is 588 g/mol. The van der Waals surface area contributed by atoms with Crippen LogP contribution in [-0.2, 0) is 27.2 Å². The van der Waals surface area contributed by atoms with E-state index in [0.29, 0.717) is 22.3 Å². The quantitative estimate of drug-likeness (QED) is 0.201. The number of hydrogen-bond donors (Lipinski definition) is 6. The maximum atomic E-state index is 12.4. The summed E-state index contributed by atoms with van der Waals surface area (Å²) in [4.78, 5) is 45.1. The van der Waals surface area contributed by atoms with Gasteiger partial charge in [0.1, 0.15) is 0 Å². The minimum atomic E-state index is -0.922. The van der Waals surface area contributed by atoms with Crippen molar-refractivity contribution in [2.45, 2.75) is 66.7 Å². The Morgan fingerprint density at radius 2 is 1.47 bits per heavy atom. The lowest BCUT2D eigenvalue weighted by atomic mass is 9.92. The molecule has 3 aromatic heterocycles. The topological polar surface area (TPSA) is 174 Å². The van der Waals surface area contributed by atoms with E-state index in [-0.39, 0.29) is 49.3 Å². The van der Waals surface area contributed by atoms with E-state index in [1.807, 2.05) is 52.8 Å². The minimum absolute atomic E-state index is 0.0180. The highest BCUT2D eigenvalue weighted by molar-refractivity contribution is 5.86. The summed E-state index contributed by atoms with van der Waals surface area (Å²) < 4.78 is 0. The summed E-state index contributed by atoms with van der Waals surface area (Å²) in [6.07, 6.45) is 8.38. The van der Waals surface area contributed by atoms with Gasteiger partial charge in [-0.05, 0) is 97.5 Å². The summed E-state index contributed by atoms with van der Waals surface area (Å²) in [5, 5.41) is 35.6. The number of aliphatic carboxylic acids is 2. The first-order valence-electron chi connectivity index (χ1n) is 14.5. The van der Waals surface area contributed by atoms with Crippen LogP contribution < -0.4 is 21.1 Å². The van der Waals surface area contributed by atoms with Gasteiger partial charge >= 0.3 is 11.9 Å². The predicted molar refractivity (Wildman–Crippen MR) is 163 cm³/mol. The number of nitrogens with one attached hydrogen (secondary N) is 4. The maximum absolute atomic E-state index is 12.4. The monoisotopic (exact) mass is 587 g/mol. The number of rotatable bonds is 11. The van der Waals surface area contributed by atoms with Gasteiger partial charge in [-0.3, -0.25) is 14.4 Å². The molecule has 10 heteroatoms. The largest absolute Gasteiger partial charge is 0.860 e. The van der Waals surface area contributed by atoms with Crippen LogP contribution in [0.4, 0.5) is 0 Å². The third kappa shape index (κ3) is 6.38. The van der Waals surface area contributed by atoms with Crippen LogP contribution in [-0.4, -0.2) is 43.0 Å². The number of aromatic nitrogens is 3. The van der Waals surface area contributed by atoms with Gasteiger partial charge < -0.3 is 35.6 Å². The Kier molecular flexibility index (Phi) is 9.18. The smallest absolute Gasteiger partial charge is 0.303 e. The van der Waals surface area contributed by atoms with Crippen LogP contribution in [0.15, 0.2) is 12.3 Å². The van der Waals surface area contributed by atoms with Gasteiger partial charge in [0.05, 0.1) is 0 Å². The standard InChI is InChI=1S/C33H40N4O6/c1-7-20-19(6)32(42)37-27(20)14-25-18(5)23(10-12-31(40)41)29(35-25)15-28-22(9-11-30(38)39)17(4)24(34-28)13-26-16(3)21(8-2)33(43)36-26/h8,13-15,19-20,34-36,43H,2,7,9-12H2,1,3-6H3,(H,37,42)(H,38,39)(H,40,41)/p-1/b24-13+,27-14-,28-15-/t19-,20-/m1/s1. The first-order chi connectivity index (χ1) is 20.4. The summed E-state index contributed by atoms with van der Waals surface area (Å²) in [7, 11) is 0. The van der Waals surface area contributed by atoms with Crippen molar-refractivity contribution >= 4 is 42.1 Å². The zero-order valence-electron chi connectivity index (χ0n) is 25.2. The normalized spacial score (nSPS) is 18.5. The van der Waals surface area contributed by atoms with Crippen LogP contribution in [0.25, 0.3) is 24.3 Å². The van der Waals surface area contributed by atoms with Crippen molar-refractivity contribution < 1.29 is 29.7 Å². The molecule has 1 amide bonds. The van der Waals surface area contributed by atoms with E-state index in [1.165, 1.54) is 6.08 Å². The molecular weight excluding hydrogens is 548 g/mol. The molecule has 43 heavy (non-hydrogen) atoms. The number of carbonyl (C=O) groups is 3.